The van der Waals surface area contributed by atoms with Crippen molar-refractivity contribution in [2.45, 2.75) is 6.54 Å². The third-order valence-corrected chi connectivity index (χ3v) is 1.47. The van der Waals surface area contributed by atoms with Gasteiger partial charge in [-0.25, -0.2) is 9.97 Å². The van der Waals surface area contributed by atoms with Gasteiger partial charge in [-0.15, -0.1) is 0 Å². The Balaban J connectivity index is 3.09. The second-order valence-corrected chi connectivity index (χ2v) is 2.20. The normalized spacial score (nSPS) is 9.75. The number of hydrazine groups is 1. The Kier molecular flexibility index (Phi) is 2.73. The third-order valence-electron chi connectivity index (χ3n) is 1.47. The topological polar surface area (TPSA) is 89.8 Å². The Labute approximate surface area is 70.5 Å². The van der Waals surface area contributed by atoms with E-state index in [-0.39, 0.29) is 0 Å². The number of nitrogens with zero attached hydrogens (tertiary/aromatic N) is 2. The standard InChI is InChI=1S/C7H11N5/c1-2-5-6(3-12-9)10-4-11-7(5)8/h2,4,12H,1,3,9H2,(H2,8,10,11). The second-order valence-electron chi connectivity index (χ2n) is 2.20. The van der Waals surface area contributed by atoms with E-state index < -0.39 is 0 Å². The van der Waals surface area contributed by atoms with Gasteiger partial charge in [-0.05, 0) is 0 Å². The maximum Gasteiger partial charge on any atom is 0.134 e. The van der Waals surface area contributed by atoms with Crippen LogP contribution in [-0.2, 0) is 6.54 Å². The monoisotopic (exact) mass is 165 g/mol. The van der Waals surface area contributed by atoms with Gasteiger partial charge in [0, 0.05) is 5.56 Å². The number of anilines is 1. The number of nitrogens with two attached hydrogens (primary N) is 2. The maximum atomic E-state index is 5.57. The van der Waals surface area contributed by atoms with E-state index in [0.717, 1.165) is 11.3 Å². The van der Waals surface area contributed by atoms with Gasteiger partial charge in [0.25, 0.3) is 0 Å². The molecule has 0 amide bonds. The lowest BCUT2D eigenvalue weighted by Crippen LogP contribution is -2.22. The summed E-state index contributed by atoms with van der Waals surface area (Å²) < 4.78 is 0. The molecule has 0 saturated carbocycles. The molecule has 5 nitrogen and oxygen atoms in total. The van der Waals surface area contributed by atoms with Crippen LogP contribution in [0.2, 0.25) is 0 Å². The third kappa shape index (κ3) is 1.58. The van der Waals surface area contributed by atoms with Crippen LogP contribution >= 0.6 is 0 Å². The molecular formula is C7H11N5. The quantitative estimate of drug-likeness (QED) is 0.421. The Morgan fingerprint density at radius 2 is 2.33 bits per heavy atom. The zero-order valence-corrected chi connectivity index (χ0v) is 6.62. The van der Waals surface area contributed by atoms with Crippen LogP contribution in [0.25, 0.3) is 6.08 Å². The fraction of sp³-hybridized carbons (Fsp3) is 0.143. The van der Waals surface area contributed by atoms with Gasteiger partial charge >= 0.3 is 0 Å². The van der Waals surface area contributed by atoms with Crippen molar-refractivity contribution in [1.29, 1.82) is 0 Å². The zero-order valence-electron chi connectivity index (χ0n) is 6.62. The number of rotatable bonds is 3. The predicted molar refractivity (Wildman–Crippen MR) is 47.6 cm³/mol. The fourth-order valence-electron chi connectivity index (χ4n) is 0.908. The minimum Gasteiger partial charge on any atom is -0.383 e. The Hall–Kier alpha value is -1.46. The van der Waals surface area contributed by atoms with E-state index in [1.165, 1.54) is 6.33 Å². The van der Waals surface area contributed by atoms with Crippen molar-refractivity contribution in [2.24, 2.45) is 5.84 Å². The van der Waals surface area contributed by atoms with Crippen molar-refractivity contribution >= 4 is 11.9 Å². The van der Waals surface area contributed by atoms with Crippen LogP contribution in [0.15, 0.2) is 12.9 Å². The molecule has 1 aromatic heterocycles. The molecule has 12 heavy (non-hydrogen) atoms. The Morgan fingerprint density at radius 3 is 2.92 bits per heavy atom. The summed E-state index contributed by atoms with van der Waals surface area (Å²) in [5, 5.41) is 0. The predicted octanol–water partition coefficient (Wildman–Crippen LogP) is -0.335. The molecule has 0 bridgehead atoms. The summed E-state index contributed by atoms with van der Waals surface area (Å²) in [6.07, 6.45) is 3.01. The van der Waals surface area contributed by atoms with Crippen LogP contribution in [0, 0.1) is 0 Å². The summed E-state index contributed by atoms with van der Waals surface area (Å²) in [6.45, 7) is 4.06. The molecule has 0 aliphatic heterocycles. The lowest BCUT2D eigenvalue weighted by Gasteiger charge is -2.04. The van der Waals surface area contributed by atoms with E-state index in [0.29, 0.717) is 12.4 Å². The SMILES string of the molecule is C=Cc1c(N)ncnc1CNN. The van der Waals surface area contributed by atoms with Crippen LogP contribution < -0.4 is 17.0 Å². The van der Waals surface area contributed by atoms with Gasteiger partial charge in [-0.2, -0.15) is 0 Å². The number of aromatic nitrogens is 2. The molecule has 1 rings (SSSR count). The number of nitrogen functional groups attached to an aromatic ring is 1. The van der Waals surface area contributed by atoms with Crippen molar-refractivity contribution in [3.05, 3.63) is 24.2 Å². The molecule has 1 heterocycles. The molecule has 0 aliphatic rings. The first kappa shape index (κ1) is 8.63. The lowest BCUT2D eigenvalue weighted by molar-refractivity contribution is 0.719. The molecule has 0 fully saturated rings. The molecule has 64 valence electrons. The molecule has 0 radical (unpaired) electrons. The van der Waals surface area contributed by atoms with Crippen LogP contribution in [0.4, 0.5) is 5.82 Å². The highest BCUT2D eigenvalue weighted by Crippen LogP contribution is 2.12. The average Bonchev–Trinajstić information content (AvgIpc) is 2.05. The van der Waals surface area contributed by atoms with Gasteiger partial charge < -0.3 is 5.73 Å². The number of hydrogen-bond acceptors (Lipinski definition) is 5. The van der Waals surface area contributed by atoms with Crippen molar-refractivity contribution in [3.63, 3.8) is 0 Å². The first-order chi connectivity index (χ1) is 5.79. The maximum absolute atomic E-state index is 5.57. The molecule has 0 atom stereocenters. The van der Waals surface area contributed by atoms with Gasteiger partial charge in [0.15, 0.2) is 0 Å². The summed E-state index contributed by atoms with van der Waals surface area (Å²) in [7, 11) is 0. The van der Waals surface area contributed by atoms with Crippen LogP contribution in [0.3, 0.4) is 0 Å². The van der Waals surface area contributed by atoms with Crippen molar-refractivity contribution in [1.82, 2.24) is 15.4 Å². The number of hydrogen-bond donors (Lipinski definition) is 3. The molecule has 0 saturated heterocycles. The highest BCUT2D eigenvalue weighted by atomic mass is 15.2. The Morgan fingerprint density at radius 1 is 1.58 bits per heavy atom. The molecule has 0 aromatic carbocycles. The first-order valence-electron chi connectivity index (χ1n) is 3.44. The summed E-state index contributed by atoms with van der Waals surface area (Å²) >= 11 is 0. The van der Waals surface area contributed by atoms with Gasteiger partial charge in [0.05, 0.1) is 12.2 Å². The van der Waals surface area contributed by atoms with E-state index in [1.807, 2.05) is 0 Å². The van der Waals surface area contributed by atoms with E-state index in [9.17, 15) is 0 Å². The first-order valence-corrected chi connectivity index (χ1v) is 3.44. The number of nitrogens with one attached hydrogen (secondary N) is 1. The minimum absolute atomic E-state index is 0.422. The smallest absolute Gasteiger partial charge is 0.134 e. The van der Waals surface area contributed by atoms with E-state index in [4.69, 9.17) is 11.6 Å². The minimum atomic E-state index is 0.422. The van der Waals surface area contributed by atoms with Gasteiger partial charge in [-0.1, -0.05) is 12.7 Å². The van der Waals surface area contributed by atoms with Gasteiger partial charge in [0.2, 0.25) is 0 Å². The molecule has 5 heteroatoms. The second kappa shape index (κ2) is 3.80. The van der Waals surface area contributed by atoms with Crippen molar-refractivity contribution in [3.8, 4) is 0 Å². The van der Waals surface area contributed by atoms with Gasteiger partial charge in [-0.3, -0.25) is 11.3 Å². The molecule has 0 spiro atoms. The molecule has 0 unspecified atom stereocenters. The van der Waals surface area contributed by atoms with E-state index in [1.54, 1.807) is 6.08 Å². The summed E-state index contributed by atoms with van der Waals surface area (Å²) in [5.74, 6) is 5.57. The fourth-order valence-corrected chi connectivity index (χ4v) is 0.908. The van der Waals surface area contributed by atoms with E-state index in [2.05, 4.69) is 22.0 Å². The zero-order chi connectivity index (χ0) is 8.97. The Bertz CT molecular complexity index is 283. The van der Waals surface area contributed by atoms with Crippen LogP contribution in [0.1, 0.15) is 11.3 Å². The molecular weight excluding hydrogens is 154 g/mol. The van der Waals surface area contributed by atoms with Crippen molar-refractivity contribution in [2.75, 3.05) is 5.73 Å². The van der Waals surface area contributed by atoms with Crippen LogP contribution in [-0.4, -0.2) is 9.97 Å². The largest absolute Gasteiger partial charge is 0.383 e. The summed E-state index contributed by atoms with van der Waals surface area (Å²) in [4.78, 5) is 7.81. The highest BCUT2D eigenvalue weighted by Gasteiger charge is 2.03. The summed E-state index contributed by atoms with van der Waals surface area (Å²) in [5.41, 5.74) is 9.55. The molecule has 0 aliphatic carbocycles. The average molecular weight is 165 g/mol. The van der Waals surface area contributed by atoms with Crippen LogP contribution in [0.5, 0.6) is 0 Å². The molecule has 5 N–H and O–H groups in total. The van der Waals surface area contributed by atoms with Crippen molar-refractivity contribution < 1.29 is 0 Å². The van der Waals surface area contributed by atoms with Gasteiger partial charge in [0.1, 0.15) is 12.1 Å². The lowest BCUT2D eigenvalue weighted by atomic mass is 10.2. The highest BCUT2D eigenvalue weighted by molar-refractivity contribution is 5.61. The molecule has 1 aromatic rings. The van der Waals surface area contributed by atoms with E-state index >= 15 is 0 Å². The summed E-state index contributed by atoms with van der Waals surface area (Å²) in [6, 6.07) is 0.